The van der Waals surface area contributed by atoms with Gasteiger partial charge in [-0.2, -0.15) is 0 Å². The van der Waals surface area contributed by atoms with Crippen LogP contribution in [0.5, 0.6) is 0 Å². The zero-order valence-electron chi connectivity index (χ0n) is 15.3. The van der Waals surface area contributed by atoms with Crippen LogP contribution in [-0.2, 0) is 0 Å². The minimum Gasteiger partial charge on any atom is -0.342 e. The SMILES string of the molecule is O=C(c1cc(=O)[nH]c2ccccc12)N1CCCC(c2nc3ccccc3[nH]2)C1. The Kier molecular flexibility index (Phi) is 3.97. The van der Waals surface area contributed by atoms with Gasteiger partial charge in [0.2, 0.25) is 5.56 Å². The standard InChI is InChI=1S/C22H20N4O2/c27-20-12-16(15-7-1-2-8-17(15)23-20)22(28)26-11-5-6-14(13-26)21-24-18-9-3-4-10-19(18)25-21/h1-4,7-10,12,14H,5-6,11,13H2,(H,23,27)(H,24,25). The fourth-order valence-electron chi connectivity index (χ4n) is 4.10. The molecule has 28 heavy (non-hydrogen) atoms. The molecular formula is C22H20N4O2. The summed E-state index contributed by atoms with van der Waals surface area (Å²) in [5.74, 6) is 0.996. The van der Waals surface area contributed by atoms with E-state index in [4.69, 9.17) is 4.98 Å². The van der Waals surface area contributed by atoms with E-state index in [1.54, 1.807) is 0 Å². The lowest BCUT2D eigenvalue weighted by Gasteiger charge is -2.32. The monoisotopic (exact) mass is 372 g/mol. The van der Waals surface area contributed by atoms with E-state index in [1.807, 2.05) is 53.4 Å². The molecule has 0 aliphatic carbocycles. The topological polar surface area (TPSA) is 81.8 Å². The normalized spacial score (nSPS) is 17.3. The Morgan fingerprint density at radius 3 is 2.68 bits per heavy atom. The van der Waals surface area contributed by atoms with Crippen molar-refractivity contribution in [2.75, 3.05) is 13.1 Å². The van der Waals surface area contributed by atoms with Crippen molar-refractivity contribution in [1.29, 1.82) is 0 Å². The average molecular weight is 372 g/mol. The van der Waals surface area contributed by atoms with Crippen molar-refractivity contribution in [2.24, 2.45) is 0 Å². The minimum absolute atomic E-state index is 0.0943. The second-order valence-electron chi connectivity index (χ2n) is 7.32. The molecule has 1 fully saturated rings. The van der Waals surface area contributed by atoms with Gasteiger partial charge in [0, 0.05) is 36.0 Å². The van der Waals surface area contributed by atoms with Gasteiger partial charge in [-0.1, -0.05) is 30.3 Å². The molecule has 1 unspecified atom stereocenters. The molecule has 3 heterocycles. The maximum atomic E-state index is 13.3. The minimum atomic E-state index is -0.257. The molecule has 1 amide bonds. The van der Waals surface area contributed by atoms with E-state index in [2.05, 4.69) is 9.97 Å². The summed E-state index contributed by atoms with van der Waals surface area (Å²) in [7, 11) is 0. The van der Waals surface area contributed by atoms with Crippen LogP contribution in [0.15, 0.2) is 59.4 Å². The zero-order chi connectivity index (χ0) is 19.1. The molecule has 140 valence electrons. The Balaban J connectivity index is 1.47. The molecule has 2 aromatic heterocycles. The molecule has 0 spiro atoms. The van der Waals surface area contributed by atoms with Crippen LogP contribution in [0.1, 0.15) is 34.9 Å². The van der Waals surface area contributed by atoms with Crippen LogP contribution in [0.25, 0.3) is 21.9 Å². The van der Waals surface area contributed by atoms with Crippen LogP contribution in [0, 0.1) is 0 Å². The van der Waals surface area contributed by atoms with Gasteiger partial charge in [0.25, 0.3) is 5.91 Å². The Morgan fingerprint density at radius 1 is 1.04 bits per heavy atom. The van der Waals surface area contributed by atoms with Crippen LogP contribution >= 0.6 is 0 Å². The van der Waals surface area contributed by atoms with Crippen LogP contribution in [0.4, 0.5) is 0 Å². The molecule has 6 heteroatoms. The molecule has 0 radical (unpaired) electrons. The van der Waals surface area contributed by atoms with E-state index >= 15 is 0 Å². The van der Waals surface area contributed by atoms with Crippen molar-refractivity contribution < 1.29 is 4.79 Å². The Labute approximate surface area is 161 Å². The van der Waals surface area contributed by atoms with Gasteiger partial charge < -0.3 is 14.9 Å². The number of fused-ring (bicyclic) bond motifs is 2. The van der Waals surface area contributed by atoms with Crippen molar-refractivity contribution in [3.8, 4) is 0 Å². The predicted octanol–water partition coefficient (Wildman–Crippen LogP) is 3.42. The third kappa shape index (κ3) is 2.87. The maximum absolute atomic E-state index is 13.3. The summed E-state index contributed by atoms with van der Waals surface area (Å²) < 4.78 is 0. The molecule has 0 saturated carbocycles. The maximum Gasteiger partial charge on any atom is 0.254 e. The highest BCUT2D eigenvalue weighted by Gasteiger charge is 2.28. The first-order valence-corrected chi connectivity index (χ1v) is 9.55. The lowest BCUT2D eigenvalue weighted by Crippen LogP contribution is -2.39. The summed E-state index contributed by atoms with van der Waals surface area (Å²) in [4.78, 5) is 38.1. The van der Waals surface area contributed by atoms with Crippen molar-refractivity contribution in [3.63, 3.8) is 0 Å². The molecule has 1 atom stereocenters. The summed E-state index contributed by atoms with van der Waals surface area (Å²) in [5, 5.41) is 0.776. The Morgan fingerprint density at radius 2 is 1.82 bits per heavy atom. The van der Waals surface area contributed by atoms with E-state index in [9.17, 15) is 9.59 Å². The number of nitrogens with zero attached hydrogens (tertiary/aromatic N) is 2. The fraction of sp³-hybridized carbons (Fsp3) is 0.227. The highest BCUT2D eigenvalue weighted by atomic mass is 16.2. The number of nitrogens with one attached hydrogen (secondary N) is 2. The molecule has 2 aromatic carbocycles. The van der Waals surface area contributed by atoms with Crippen LogP contribution in [-0.4, -0.2) is 38.8 Å². The number of imidazole rings is 1. The first-order valence-electron chi connectivity index (χ1n) is 9.55. The van der Waals surface area contributed by atoms with Crippen molar-refractivity contribution >= 4 is 27.8 Å². The summed E-state index contributed by atoms with van der Waals surface area (Å²) in [6.45, 7) is 1.29. The second kappa shape index (κ2) is 6.64. The summed E-state index contributed by atoms with van der Waals surface area (Å²) in [6.07, 6.45) is 1.90. The number of carbonyl (C=O) groups is 1. The largest absolute Gasteiger partial charge is 0.342 e. The van der Waals surface area contributed by atoms with E-state index in [1.165, 1.54) is 6.07 Å². The number of carbonyl (C=O) groups excluding carboxylic acids is 1. The number of amides is 1. The number of likely N-dealkylation sites (tertiary alicyclic amines) is 1. The predicted molar refractivity (Wildman–Crippen MR) is 109 cm³/mol. The van der Waals surface area contributed by atoms with Gasteiger partial charge in [-0.3, -0.25) is 9.59 Å². The highest BCUT2D eigenvalue weighted by molar-refractivity contribution is 6.06. The summed E-state index contributed by atoms with van der Waals surface area (Å²) in [5.41, 5.74) is 2.85. The average Bonchev–Trinajstić information content (AvgIpc) is 3.17. The van der Waals surface area contributed by atoms with Gasteiger partial charge >= 0.3 is 0 Å². The third-order valence-electron chi connectivity index (χ3n) is 5.48. The van der Waals surface area contributed by atoms with Gasteiger partial charge in [-0.05, 0) is 31.0 Å². The van der Waals surface area contributed by atoms with E-state index in [0.29, 0.717) is 24.2 Å². The molecule has 1 aliphatic rings. The number of aromatic nitrogens is 3. The number of hydrogen-bond donors (Lipinski definition) is 2. The number of H-pyrrole nitrogens is 2. The molecule has 0 bridgehead atoms. The number of aromatic amines is 2. The first kappa shape index (κ1) is 16.7. The zero-order valence-corrected chi connectivity index (χ0v) is 15.3. The van der Waals surface area contributed by atoms with Gasteiger partial charge in [0.1, 0.15) is 5.82 Å². The van der Waals surface area contributed by atoms with Crippen molar-refractivity contribution in [2.45, 2.75) is 18.8 Å². The summed E-state index contributed by atoms with van der Waals surface area (Å²) >= 11 is 0. The van der Waals surface area contributed by atoms with Crippen molar-refractivity contribution in [1.82, 2.24) is 19.9 Å². The van der Waals surface area contributed by atoms with Gasteiger partial charge in [0.05, 0.1) is 16.6 Å². The molecule has 6 nitrogen and oxygen atoms in total. The van der Waals surface area contributed by atoms with Gasteiger partial charge in [-0.25, -0.2) is 4.98 Å². The number of para-hydroxylation sites is 3. The first-order chi connectivity index (χ1) is 13.7. The second-order valence-corrected chi connectivity index (χ2v) is 7.32. The smallest absolute Gasteiger partial charge is 0.254 e. The van der Waals surface area contributed by atoms with Crippen LogP contribution in [0.3, 0.4) is 0 Å². The van der Waals surface area contributed by atoms with Gasteiger partial charge in [-0.15, -0.1) is 0 Å². The molecule has 5 rings (SSSR count). The molecular weight excluding hydrogens is 352 g/mol. The molecule has 1 saturated heterocycles. The quantitative estimate of drug-likeness (QED) is 0.566. The number of benzene rings is 2. The van der Waals surface area contributed by atoms with Crippen molar-refractivity contribution in [3.05, 3.63) is 76.3 Å². The molecule has 1 aliphatic heterocycles. The number of rotatable bonds is 2. The van der Waals surface area contributed by atoms with Crippen LogP contribution in [0.2, 0.25) is 0 Å². The third-order valence-corrected chi connectivity index (χ3v) is 5.48. The van der Waals surface area contributed by atoms with E-state index in [-0.39, 0.29) is 17.4 Å². The fourth-order valence-corrected chi connectivity index (χ4v) is 4.10. The molecule has 4 aromatic rings. The lowest BCUT2D eigenvalue weighted by molar-refractivity contribution is 0.0706. The Bertz CT molecular complexity index is 1210. The molecule has 2 N–H and O–H groups in total. The van der Waals surface area contributed by atoms with Crippen LogP contribution < -0.4 is 5.56 Å². The van der Waals surface area contributed by atoms with Gasteiger partial charge in [0.15, 0.2) is 0 Å². The summed E-state index contributed by atoms with van der Waals surface area (Å²) in [6, 6.07) is 16.8. The van der Waals surface area contributed by atoms with E-state index in [0.717, 1.165) is 35.1 Å². The lowest BCUT2D eigenvalue weighted by atomic mass is 9.96. The number of pyridine rings is 1. The number of hydrogen-bond acceptors (Lipinski definition) is 3. The highest BCUT2D eigenvalue weighted by Crippen LogP contribution is 2.28. The Hall–Kier alpha value is -3.41. The number of piperidine rings is 1. The van der Waals surface area contributed by atoms with E-state index < -0.39 is 0 Å².